The SMILES string of the molecule is CCC(C)c1ccc(OCc2ccccc2)c(C(N)C2CC2)c1. The highest BCUT2D eigenvalue weighted by atomic mass is 16.5. The zero-order chi connectivity index (χ0) is 16.2. The predicted molar refractivity (Wildman–Crippen MR) is 95.6 cm³/mol. The van der Waals surface area contributed by atoms with Crippen molar-refractivity contribution in [2.75, 3.05) is 0 Å². The van der Waals surface area contributed by atoms with Crippen LogP contribution in [0.25, 0.3) is 0 Å². The van der Waals surface area contributed by atoms with Crippen LogP contribution in [0, 0.1) is 5.92 Å². The fourth-order valence-electron chi connectivity index (χ4n) is 2.95. The smallest absolute Gasteiger partial charge is 0.124 e. The van der Waals surface area contributed by atoms with Crippen LogP contribution in [0.3, 0.4) is 0 Å². The van der Waals surface area contributed by atoms with Crippen LogP contribution in [0.2, 0.25) is 0 Å². The van der Waals surface area contributed by atoms with E-state index in [1.807, 2.05) is 18.2 Å². The van der Waals surface area contributed by atoms with Gasteiger partial charge in [-0.05, 0) is 48.3 Å². The van der Waals surface area contributed by atoms with Gasteiger partial charge in [-0.2, -0.15) is 0 Å². The lowest BCUT2D eigenvalue weighted by Crippen LogP contribution is -2.15. The highest BCUT2D eigenvalue weighted by Gasteiger charge is 2.31. The summed E-state index contributed by atoms with van der Waals surface area (Å²) in [5, 5.41) is 0. The molecule has 3 rings (SSSR count). The summed E-state index contributed by atoms with van der Waals surface area (Å²) in [6, 6.07) is 17.0. The standard InChI is InChI=1S/C21H27NO/c1-3-15(2)18-11-12-20(19(13-18)21(22)17-9-10-17)23-14-16-7-5-4-6-8-16/h4-8,11-13,15,17,21H,3,9-10,14,22H2,1-2H3. The van der Waals surface area contributed by atoms with Crippen LogP contribution >= 0.6 is 0 Å². The normalized spacial score (nSPS) is 16.8. The fraction of sp³-hybridized carbons (Fsp3) is 0.429. The predicted octanol–water partition coefficient (Wildman–Crippen LogP) is 5.19. The van der Waals surface area contributed by atoms with Gasteiger partial charge in [-0.3, -0.25) is 0 Å². The lowest BCUT2D eigenvalue weighted by Gasteiger charge is -2.20. The Bertz CT molecular complexity index is 634. The molecule has 2 atom stereocenters. The molecule has 2 heteroatoms. The number of nitrogens with two attached hydrogens (primary N) is 1. The minimum atomic E-state index is 0.102. The molecule has 1 aliphatic rings. The van der Waals surface area contributed by atoms with Gasteiger partial charge in [0, 0.05) is 11.6 Å². The summed E-state index contributed by atoms with van der Waals surface area (Å²) >= 11 is 0. The Balaban J connectivity index is 1.82. The Morgan fingerprint density at radius 3 is 2.52 bits per heavy atom. The van der Waals surface area contributed by atoms with E-state index in [0.29, 0.717) is 18.4 Å². The second-order valence-electron chi connectivity index (χ2n) is 6.74. The van der Waals surface area contributed by atoms with Crippen LogP contribution in [-0.4, -0.2) is 0 Å². The summed E-state index contributed by atoms with van der Waals surface area (Å²) in [6.45, 7) is 5.09. The summed E-state index contributed by atoms with van der Waals surface area (Å²) in [5.74, 6) is 2.13. The molecule has 0 aliphatic heterocycles. The largest absolute Gasteiger partial charge is 0.489 e. The molecule has 2 nitrogen and oxygen atoms in total. The third kappa shape index (κ3) is 3.94. The quantitative estimate of drug-likeness (QED) is 0.764. The molecule has 2 unspecified atom stereocenters. The monoisotopic (exact) mass is 309 g/mol. The minimum Gasteiger partial charge on any atom is -0.489 e. The number of rotatable bonds is 7. The van der Waals surface area contributed by atoms with Crippen molar-refractivity contribution >= 4 is 0 Å². The van der Waals surface area contributed by atoms with E-state index in [4.69, 9.17) is 10.5 Å². The van der Waals surface area contributed by atoms with Gasteiger partial charge in [0.05, 0.1) is 0 Å². The zero-order valence-electron chi connectivity index (χ0n) is 14.2. The van der Waals surface area contributed by atoms with E-state index in [2.05, 4.69) is 44.2 Å². The number of hydrogen-bond donors (Lipinski definition) is 1. The van der Waals surface area contributed by atoms with E-state index in [-0.39, 0.29) is 6.04 Å². The first-order valence-corrected chi connectivity index (χ1v) is 8.75. The maximum absolute atomic E-state index is 6.50. The highest BCUT2D eigenvalue weighted by Crippen LogP contribution is 2.43. The third-order valence-electron chi connectivity index (χ3n) is 4.94. The van der Waals surface area contributed by atoms with Crippen molar-refractivity contribution in [2.24, 2.45) is 11.7 Å². The van der Waals surface area contributed by atoms with Gasteiger partial charge in [0.15, 0.2) is 0 Å². The maximum Gasteiger partial charge on any atom is 0.124 e. The minimum absolute atomic E-state index is 0.102. The molecular weight excluding hydrogens is 282 g/mol. The molecule has 0 amide bonds. The Morgan fingerprint density at radius 1 is 1.13 bits per heavy atom. The van der Waals surface area contributed by atoms with Gasteiger partial charge < -0.3 is 10.5 Å². The molecule has 2 aromatic rings. The third-order valence-corrected chi connectivity index (χ3v) is 4.94. The zero-order valence-corrected chi connectivity index (χ0v) is 14.2. The summed E-state index contributed by atoms with van der Waals surface area (Å²) in [7, 11) is 0. The first kappa shape index (κ1) is 16.1. The lowest BCUT2D eigenvalue weighted by atomic mass is 9.93. The molecule has 1 saturated carbocycles. The van der Waals surface area contributed by atoms with Crippen LogP contribution < -0.4 is 10.5 Å². The van der Waals surface area contributed by atoms with E-state index in [9.17, 15) is 0 Å². The highest BCUT2D eigenvalue weighted by molar-refractivity contribution is 5.41. The van der Waals surface area contributed by atoms with Gasteiger partial charge in [0.25, 0.3) is 0 Å². The summed E-state index contributed by atoms with van der Waals surface area (Å²) in [5.41, 5.74) is 10.2. The maximum atomic E-state index is 6.50. The molecule has 0 heterocycles. The molecule has 23 heavy (non-hydrogen) atoms. The number of hydrogen-bond acceptors (Lipinski definition) is 2. The van der Waals surface area contributed by atoms with Crippen LogP contribution in [0.1, 0.15) is 61.8 Å². The van der Waals surface area contributed by atoms with Crippen LogP contribution in [0.15, 0.2) is 48.5 Å². The Kier molecular flexibility index (Phi) is 5.02. The Hall–Kier alpha value is -1.80. The molecule has 0 saturated heterocycles. The van der Waals surface area contributed by atoms with Crippen LogP contribution in [0.5, 0.6) is 5.75 Å². The Morgan fingerprint density at radius 2 is 1.87 bits per heavy atom. The average molecular weight is 309 g/mol. The van der Waals surface area contributed by atoms with Crippen molar-refractivity contribution < 1.29 is 4.74 Å². The molecule has 1 fully saturated rings. The van der Waals surface area contributed by atoms with Gasteiger partial charge in [-0.15, -0.1) is 0 Å². The molecular formula is C21H27NO. The van der Waals surface area contributed by atoms with E-state index in [1.165, 1.54) is 29.5 Å². The molecule has 0 spiro atoms. The summed E-state index contributed by atoms with van der Waals surface area (Å²) < 4.78 is 6.11. The molecule has 0 aromatic heterocycles. The van der Waals surface area contributed by atoms with Crippen LogP contribution in [-0.2, 0) is 6.61 Å². The molecule has 122 valence electrons. The van der Waals surface area contributed by atoms with E-state index >= 15 is 0 Å². The Labute approximate surface area is 139 Å². The molecule has 0 radical (unpaired) electrons. The second kappa shape index (κ2) is 7.18. The van der Waals surface area contributed by atoms with Gasteiger partial charge >= 0.3 is 0 Å². The van der Waals surface area contributed by atoms with Crippen molar-refractivity contribution in [3.05, 3.63) is 65.2 Å². The van der Waals surface area contributed by atoms with Crippen molar-refractivity contribution in [3.8, 4) is 5.75 Å². The van der Waals surface area contributed by atoms with Gasteiger partial charge in [-0.25, -0.2) is 0 Å². The van der Waals surface area contributed by atoms with E-state index in [1.54, 1.807) is 0 Å². The van der Waals surface area contributed by atoms with Crippen molar-refractivity contribution in [1.82, 2.24) is 0 Å². The van der Waals surface area contributed by atoms with Crippen LogP contribution in [0.4, 0.5) is 0 Å². The molecule has 2 N–H and O–H groups in total. The van der Waals surface area contributed by atoms with E-state index < -0.39 is 0 Å². The van der Waals surface area contributed by atoms with Gasteiger partial charge in [0.2, 0.25) is 0 Å². The van der Waals surface area contributed by atoms with Crippen molar-refractivity contribution in [3.63, 3.8) is 0 Å². The summed E-state index contributed by atoms with van der Waals surface area (Å²) in [6.07, 6.45) is 3.63. The van der Waals surface area contributed by atoms with Gasteiger partial charge in [-0.1, -0.05) is 56.3 Å². The topological polar surface area (TPSA) is 35.2 Å². The molecule has 1 aliphatic carbocycles. The lowest BCUT2D eigenvalue weighted by molar-refractivity contribution is 0.300. The average Bonchev–Trinajstić information content (AvgIpc) is 3.44. The second-order valence-corrected chi connectivity index (χ2v) is 6.74. The first-order chi connectivity index (χ1) is 11.2. The number of ether oxygens (including phenoxy) is 1. The van der Waals surface area contributed by atoms with Crippen molar-refractivity contribution in [2.45, 2.75) is 51.7 Å². The molecule has 2 aromatic carbocycles. The van der Waals surface area contributed by atoms with E-state index in [0.717, 1.165) is 12.2 Å². The molecule has 0 bridgehead atoms. The van der Waals surface area contributed by atoms with Gasteiger partial charge in [0.1, 0.15) is 12.4 Å². The fourth-order valence-corrected chi connectivity index (χ4v) is 2.95. The summed E-state index contributed by atoms with van der Waals surface area (Å²) in [4.78, 5) is 0. The van der Waals surface area contributed by atoms with Crippen molar-refractivity contribution in [1.29, 1.82) is 0 Å². The first-order valence-electron chi connectivity index (χ1n) is 8.75. The number of benzene rings is 2.